The SMILES string of the molecule is CNC1CCCN(CCC(F)F)CC1. The molecule has 1 saturated heterocycles. The minimum atomic E-state index is -2.15. The number of nitrogens with one attached hydrogen (secondary N) is 1. The quantitative estimate of drug-likeness (QED) is 0.753. The molecule has 1 unspecified atom stereocenters. The Balaban J connectivity index is 2.20. The van der Waals surface area contributed by atoms with Crippen LogP contribution in [-0.4, -0.2) is 44.0 Å². The fourth-order valence-corrected chi connectivity index (χ4v) is 1.95. The highest BCUT2D eigenvalue weighted by Gasteiger charge is 2.16. The van der Waals surface area contributed by atoms with Gasteiger partial charge >= 0.3 is 0 Å². The highest BCUT2D eigenvalue weighted by Crippen LogP contribution is 2.12. The summed E-state index contributed by atoms with van der Waals surface area (Å²) in [6.45, 7) is 2.48. The zero-order valence-corrected chi connectivity index (χ0v) is 8.81. The second-order valence-electron chi connectivity index (χ2n) is 3.94. The maximum absolute atomic E-state index is 12.0. The number of nitrogens with zero attached hydrogens (tertiary/aromatic N) is 1. The third-order valence-electron chi connectivity index (χ3n) is 2.89. The van der Waals surface area contributed by atoms with Crippen molar-refractivity contribution in [1.29, 1.82) is 0 Å². The molecule has 0 aromatic heterocycles. The normalized spacial score (nSPS) is 25.3. The van der Waals surface area contributed by atoms with Gasteiger partial charge in [-0.25, -0.2) is 8.78 Å². The van der Waals surface area contributed by atoms with Gasteiger partial charge in [0.25, 0.3) is 0 Å². The Labute approximate surface area is 84.7 Å². The van der Waals surface area contributed by atoms with E-state index in [0.717, 1.165) is 25.9 Å². The minimum Gasteiger partial charge on any atom is -0.317 e. The molecule has 0 aliphatic carbocycles. The average molecular weight is 206 g/mol. The predicted molar refractivity (Wildman–Crippen MR) is 53.8 cm³/mol. The maximum Gasteiger partial charge on any atom is 0.239 e. The molecule has 1 aliphatic rings. The lowest BCUT2D eigenvalue weighted by atomic mass is 10.1. The smallest absolute Gasteiger partial charge is 0.239 e. The zero-order valence-electron chi connectivity index (χ0n) is 8.81. The number of alkyl halides is 2. The van der Waals surface area contributed by atoms with E-state index in [1.807, 2.05) is 7.05 Å². The number of rotatable bonds is 4. The Kier molecular flexibility index (Phi) is 5.33. The molecule has 1 N–H and O–H groups in total. The van der Waals surface area contributed by atoms with Crippen molar-refractivity contribution in [2.24, 2.45) is 0 Å². The first-order chi connectivity index (χ1) is 6.72. The van der Waals surface area contributed by atoms with Gasteiger partial charge in [-0.05, 0) is 39.4 Å². The van der Waals surface area contributed by atoms with E-state index in [1.165, 1.54) is 6.42 Å². The largest absolute Gasteiger partial charge is 0.317 e. The molecule has 4 heteroatoms. The van der Waals surface area contributed by atoms with Gasteiger partial charge in [0.1, 0.15) is 0 Å². The fraction of sp³-hybridized carbons (Fsp3) is 1.00. The van der Waals surface area contributed by atoms with Gasteiger partial charge in [0, 0.05) is 19.0 Å². The van der Waals surface area contributed by atoms with Crippen molar-refractivity contribution < 1.29 is 8.78 Å². The predicted octanol–water partition coefficient (Wildman–Crippen LogP) is 1.72. The lowest BCUT2D eigenvalue weighted by Crippen LogP contribution is -2.29. The van der Waals surface area contributed by atoms with Crippen LogP contribution < -0.4 is 5.32 Å². The van der Waals surface area contributed by atoms with Crippen molar-refractivity contribution in [3.05, 3.63) is 0 Å². The lowest BCUT2D eigenvalue weighted by Gasteiger charge is -2.19. The average Bonchev–Trinajstić information content (AvgIpc) is 2.39. The topological polar surface area (TPSA) is 15.3 Å². The van der Waals surface area contributed by atoms with Crippen molar-refractivity contribution in [2.45, 2.75) is 38.2 Å². The molecule has 0 bridgehead atoms. The number of likely N-dealkylation sites (tertiary alicyclic amines) is 1. The van der Waals surface area contributed by atoms with Crippen LogP contribution in [0, 0.1) is 0 Å². The standard InChI is InChI=1S/C10H20F2N2/c1-13-9-3-2-6-14(7-4-9)8-5-10(11)12/h9-10,13H,2-8H2,1H3. The van der Waals surface area contributed by atoms with E-state index < -0.39 is 6.43 Å². The molecular formula is C10H20F2N2. The first-order valence-electron chi connectivity index (χ1n) is 5.40. The molecule has 1 rings (SSSR count). The molecule has 0 saturated carbocycles. The van der Waals surface area contributed by atoms with Crippen LogP contribution in [0.25, 0.3) is 0 Å². The van der Waals surface area contributed by atoms with Crippen LogP contribution in [0.4, 0.5) is 8.78 Å². The summed E-state index contributed by atoms with van der Waals surface area (Å²) in [5, 5.41) is 3.25. The van der Waals surface area contributed by atoms with Crippen molar-refractivity contribution in [3.8, 4) is 0 Å². The van der Waals surface area contributed by atoms with Gasteiger partial charge < -0.3 is 10.2 Å². The van der Waals surface area contributed by atoms with Crippen LogP contribution in [0.2, 0.25) is 0 Å². The summed E-state index contributed by atoms with van der Waals surface area (Å²) < 4.78 is 24.0. The molecule has 1 atom stereocenters. The second kappa shape index (κ2) is 6.30. The highest BCUT2D eigenvalue weighted by atomic mass is 19.3. The maximum atomic E-state index is 12.0. The molecule has 84 valence electrons. The van der Waals surface area contributed by atoms with Crippen LogP contribution in [0.15, 0.2) is 0 Å². The first-order valence-corrected chi connectivity index (χ1v) is 5.40. The minimum absolute atomic E-state index is 0.0181. The van der Waals surface area contributed by atoms with Crippen LogP contribution in [0.5, 0.6) is 0 Å². The molecule has 0 radical (unpaired) electrons. The summed E-state index contributed by atoms with van der Waals surface area (Å²) in [6.07, 6.45) is 1.23. The summed E-state index contributed by atoms with van der Waals surface area (Å²) in [6, 6.07) is 0.576. The molecule has 0 spiro atoms. The Bertz CT molecular complexity index is 153. The van der Waals surface area contributed by atoms with Gasteiger partial charge in [-0.1, -0.05) is 0 Å². The Morgan fingerprint density at radius 2 is 2.14 bits per heavy atom. The van der Waals surface area contributed by atoms with Gasteiger partial charge in [0.2, 0.25) is 6.43 Å². The Morgan fingerprint density at radius 1 is 1.36 bits per heavy atom. The molecule has 1 aliphatic heterocycles. The van der Waals surface area contributed by atoms with E-state index >= 15 is 0 Å². The summed E-state index contributed by atoms with van der Waals surface area (Å²) in [5.41, 5.74) is 0. The lowest BCUT2D eigenvalue weighted by molar-refractivity contribution is 0.116. The fourth-order valence-electron chi connectivity index (χ4n) is 1.95. The molecule has 0 aromatic rings. The summed E-state index contributed by atoms with van der Waals surface area (Å²) in [4.78, 5) is 2.16. The van der Waals surface area contributed by atoms with Crippen LogP contribution in [0.3, 0.4) is 0 Å². The zero-order chi connectivity index (χ0) is 10.4. The molecule has 0 amide bonds. The van der Waals surface area contributed by atoms with E-state index in [9.17, 15) is 8.78 Å². The van der Waals surface area contributed by atoms with E-state index in [0.29, 0.717) is 12.6 Å². The number of hydrogen-bond acceptors (Lipinski definition) is 2. The number of halogens is 2. The van der Waals surface area contributed by atoms with Crippen LogP contribution in [-0.2, 0) is 0 Å². The first kappa shape index (κ1) is 11.9. The van der Waals surface area contributed by atoms with Crippen molar-refractivity contribution in [2.75, 3.05) is 26.7 Å². The van der Waals surface area contributed by atoms with Crippen molar-refractivity contribution in [3.63, 3.8) is 0 Å². The molecule has 1 fully saturated rings. The van der Waals surface area contributed by atoms with Gasteiger partial charge in [-0.15, -0.1) is 0 Å². The third kappa shape index (κ3) is 4.33. The van der Waals surface area contributed by atoms with Gasteiger partial charge in [-0.3, -0.25) is 0 Å². The summed E-state index contributed by atoms with van der Waals surface area (Å²) in [5.74, 6) is 0. The molecule has 2 nitrogen and oxygen atoms in total. The third-order valence-corrected chi connectivity index (χ3v) is 2.89. The van der Waals surface area contributed by atoms with E-state index in [4.69, 9.17) is 0 Å². The molecule has 0 aromatic carbocycles. The van der Waals surface area contributed by atoms with Crippen molar-refractivity contribution >= 4 is 0 Å². The van der Waals surface area contributed by atoms with Crippen LogP contribution >= 0.6 is 0 Å². The van der Waals surface area contributed by atoms with E-state index in [1.54, 1.807) is 0 Å². The summed E-state index contributed by atoms with van der Waals surface area (Å²) >= 11 is 0. The van der Waals surface area contributed by atoms with Crippen molar-refractivity contribution in [1.82, 2.24) is 10.2 Å². The highest BCUT2D eigenvalue weighted by molar-refractivity contribution is 4.73. The van der Waals surface area contributed by atoms with Gasteiger partial charge in [0.15, 0.2) is 0 Å². The Hall–Kier alpha value is -0.220. The second-order valence-corrected chi connectivity index (χ2v) is 3.94. The Morgan fingerprint density at radius 3 is 2.79 bits per heavy atom. The monoisotopic (exact) mass is 206 g/mol. The molecule has 1 heterocycles. The molecule has 14 heavy (non-hydrogen) atoms. The van der Waals surface area contributed by atoms with Crippen LogP contribution in [0.1, 0.15) is 25.7 Å². The van der Waals surface area contributed by atoms with E-state index in [-0.39, 0.29) is 6.42 Å². The number of hydrogen-bond donors (Lipinski definition) is 1. The van der Waals surface area contributed by atoms with Gasteiger partial charge in [0.05, 0.1) is 0 Å². The summed E-state index contributed by atoms with van der Waals surface area (Å²) in [7, 11) is 1.97. The molecular weight excluding hydrogens is 186 g/mol. The van der Waals surface area contributed by atoms with E-state index in [2.05, 4.69) is 10.2 Å². The van der Waals surface area contributed by atoms with Gasteiger partial charge in [-0.2, -0.15) is 0 Å².